The summed E-state index contributed by atoms with van der Waals surface area (Å²) in [7, 11) is 0. The Balaban J connectivity index is 1.03. The van der Waals surface area contributed by atoms with Crippen LogP contribution in [0.1, 0.15) is 71.6 Å². The lowest BCUT2D eigenvalue weighted by Crippen LogP contribution is -2.66. The maximum absolute atomic E-state index is 14.3. The third-order valence-electron chi connectivity index (χ3n) is 17.1. The van der Waals surface area contributed by atoms with E-state index in [9.17, 15) is 76.3 Å². The molecule has 0 radical (unpaired) electrons. The SMILES string of the molecule is C=C1C[C@@]23CC[C@H]4[C@@](C)(CCC[C@@]4(C)C(=O)O[C@@H]4O[C@H](CO)[C@@H](O)[C@H](O)[C@H]4O)[C@@H]2CC[C@]1(O[C@@H]1O[C@H](CO[C@@H]2O[C@H](CO)[C@@H](O)[C@H](O)[C@H]2O)[C@@H](O)[C@H](O)[C@H]1O[C@@H]1O[C@H](CO)[C@@H](O)[C@H](O)[C@H]1O)C3. The van der Waals surface area contributed by atoms with Gasteiger partial charge in [-0.05, 0) is 86.5 Å². The molecule has 0 unspecified atom stereocenters. The van der Waals surface area contributed by atoms with Gasteiger partial charge in [-0.1, -0.05) is 19.9 Å². The van der Waals surface area contributed by atoms with Crippen LogP contribution in [0.25, 0.3) is 0 Å². The van der Waals surface area contributed by atoms with Gasteiger partial charge in [0.2, 0.25) is 6.29 Å². The molecule has 4 heterocycles. The smallest absolute Gasteiger partial charge is 0.314 e. The van der Waals surface area contributed by atoms with Gasteiger partial charge in [0, 0.05) is 0 Å². The van der Waals surface area contributed by atoms with E-state index in [0.717, 1.165) is 6.42 Å². The first-order valence-electron chi connectivity index (χ1n) is 23.4. The quantitative estimate of drug-likeness (QED) is 0.0494. The summed E-state index contributed by atoms with van der Waals surface area (Å²) in [5.41, 5.74) is -2.26. The Hall–Kier alpha value is -1.63. The van der Waals surface area contributed by atoms with Crippen molar-refractivity contribution in [2.45, 2.75) is 200 Å². The van der Waals surface area contributed by atoms with E-state index in [1.165, 1.54) is 0 Å². The summed E-state index contributed by atoms with van der Waals surface area (Å²) in [5, 5.41) is 147. The molecule has 67 heavy (non-hydrogen) atoms. The van der Waals surface area contributed by atoms with Gasteiger partial charge in [-0.2, -0.15) is 0 Å². The van der Waals surface area contributed by atoms with E-state index in [2.05, 4.69) is 13.5 Å². The van der Waals surface area contributed by atoms with E-state index < -0.39 is 177 Å². The van der Waals surface area contributed by atoms with Crippen molar-refractivity contribution < 1.29 is 114 Å². The summed E-state index contributed by atoms with van der Waals surface area (Å²) >= 11 is 0. The summed E-state index contributed by atoms with van der Waals surface area (Å²) in [4.78, 5) is 14.3. The van der Waals surface area contributed by atoms with Crippen molar-refractivity contribution in [3.63, 3.8) is 0 Å². The number of aliphatic hydroxyl groups excluding tert-OH is 14. The summed E-state index contributed by atoms with van der Waals surface area (Å²) in [6.45, 7) is 5.72. The Kier molecular flexibility index (Phi) is 15.0. The van der Waals surface area contributed by atoms with E-state index in [4.69, 9.17) is 37.9 Å². The maximum Gasteiger partial charge on any atom is 0.314 e. The predicted molar refractivity (Wildman–Crippen MR) is 219 cm³/mol. The molecule has 2 bridgehead atoms. The first kappa shape index (κ1) is 51.7. The van der Waals surface area contributed by atoms with Gasteiger partial charge in [-0.15, -0.1) is 0 Å². The van der Waals surface area contributed by atoms with E-state index in [1.54, 1.807) is 0 Å². The fraction of sp³-hybridized carbons (Fsp3) is 0.932. The van der Waals surface area contributed by atoms with Gasteiger partial charge in [-0.3, -0.25) is 4.79 Å². The number of esters is 1. The molecule has 0 aromatic rings. The summed E-state index contributed by atoms with van der Waals surface area (Å²) in [6, 6.07) is 0. The van der Waals surface area contributed by atoms with Crippen LogP contribution in [0.15, 0.2) is 12.2 Å². The van der Waals surface area contributed by atoms with Crippen LogP contribution in [0.4, 0.5) is 0 Å². The zero-order valence-electron chi connectivity index (χ0n) is 37.5. The van der Waals surface area contributed by atoms with Crippen LogP contribution in [0.5, 0.6) is 0 Å². The molecule has 8 rings (SSSR count). The number of rotatable bonds is 12. The second-order valence-corrected chi connectivity index (χ2v) is 20.8. The Morgan fingerprint density at radius 3 is 1.70 bits per heavy atom. The molecule has 4 saturated carbocycles. The topological polar surface area (TPSA) is 374 Å². The van der Waals surface area contributed by atoms with Crippen LogP contribution >= 0.6 is 0 Å². The minimum absolute atomic E-state index is 0.0370. The Bertz CT molecular complexity index is 1750. The molecule has 0 aromatic carbocycles. The largest absolute Gasteiger partial charge is 0.432 e. The molecule has 0 aromatic heterocycles. The van der Waals surface area contributed by atoms with Gasteiger partial charge in [0.15, 0.2) is 18.9 Å². The first-order valence-corrected chi connectivity index (χ1v) is 23.4. The number of ether oxygens (including phenoxy) is 8. The summed E-state index contributed by atoms with van der Waals surface area (Å²) < 4.78 is 47.4. The molecular weight excluding hydrogens is 896 g/mol. The van der Waals surface area contributed by atoms with Crippen LogP contribution in [0.2, 0.25) is 0 Å². The summed E-state index contributed by atoms with van der Waals surface area (Å²) in [6.07, 6.45) is -28.1. The van der Waals surface area contributed by atoms with Crippen molar-refractivity contribution in [2.75, 3.05) is 26.4 Å². The Morgan fingerprint density at radius 1 is 0.597 bits per heavy atom. The molecule has 4 aliphatic heterocycles. The lowest BCUT2D eigenvalue weighted by molar-refractivity contribution is -0.382. The van der Waals surface area contributed by atoms with E-state index >= 15 is 0 Å². The minimum atomic E-state index is -1.90. The van der Waals surface area contributed by atoms with E-state index in [1.807, 2.05) is 6.92 Å². The molecule has 8 fully saturated rings. The van der Waals surface area contributed by atoms with Gasteiger partial charge < -0.3 is 109 Å². The predicted octanol–water partition coefficient (Wildman–Crippen LogP) is -5.11. The Morgan fingerprint density at radius 2 is 1.10 bits per heavy atom. The van der Waals surface area contributed by atoms with Gasteiger partial charge in [0.25, 0.3) is 0 Å². The van der Waals surface area contributed by atoms with Crippen LogP contribution in [-0.4, -0.2) is 232 Å². The fourth-order valence-corrected chi connectivity index (χ4v) is 13.4. The van der Waals surface area contributed by atoms with E-state index in [-0.39, 0.29) is 11.8 Å². The number of carbonyl (C=O) groups is 1. The maximum atomic E-state index is 14.3. The molecule has 23 nitrogen and oxygen atoms in total. The molecule has 26 atom stereocenters. The van der Waals surface area contributed by atoms with Crippen molar-refractivity contribution in [3.05, 3.63) is 12.2 Å². The summed E-state index contributed by atoms with van der Waals surface area (Å²) in [5.74, 6) is -0.781. The number of aliphatic hydroxyl groups is 14. The molecule has 0 amide bonds. The standard InChI is InChI=1S/C44H70O23/c1-17-11-43-9-5-22-41(2,7-4-8-42(22,3)40(59)66-38-34(58)30(54)26(50)20(14-47)63-38)23(43)6-10-44(17,16-43)67-39-35(65-37-33(57)29(53)25(49)19(13-46)62-37)31(55)27(51)21(64-39)15-60-36-32(56)28(52)24(48)18(12-45)61-36/h18-39,45-58H,1,4-16H2,2-3H3/t18-,19-,20-,21-,22+,23+,24-,25-,26-,27-,28+,29+,30+,31+,32-,33-,34-,35-,36-,37+,38+,39+,41-,42-,43-,44+/m1/s1. The third-order valence-corrected chi connectivity index (χ3v) is 17.1. The third kappa shape index (κ3) is 8.73. The molecule has 23 heteroatoms. The zero-order chi connectivity index (χ0) is 48.7. The molecule has 1 spiro atoms. The zero-order valence-corrected chi connectivity index (χ0v) is 37.5. The van der Waals surface area contributed by atoms with E-state index in [0.29, 0.717) is 56.9 Å². The van der Waals surface area contributed by atoms with Crippen LogP contribution in [-0.2, 0) is 42.7 Å². The number of hydrogen-bond acceptors (Lipinski definition) is 23. The van der Waals surface area contributed by atoms with Crippen molar-refractivity contribution in [2.24, 2.45) is 28.1 Å². The average Bonchev–Trinajstić information content (AvgIpc) is 3.50. The molecule has 8 aliphatic rings. The lowest BCUT2D eigenvalue weighted by atomic mass is 9.41. The second kappa shape index (κ2) is 19.4. The van der Waals surface area contributed by atoms with Crippen LogP contribution in [0.3, 0.4) is 0 Å². The highest BCUT2D eigenvalue weighted by atomic mass is 16.8. The lowest BCUT2D eigenvalue weighted by Gasteiger charge is -2.64. The molecule has 14 N–H and O–H groups in total. The number of fused-ring (bicyclic) bond motifs is 3. The van der Waals surface area contributed by atoms with Crippen molar-refractivity contribution in [3.8, 4) is 0 Å². The second-order valence-electron chi connectivity index (χ2n) is 20.8. The first-order chi connectivity index (χ1) is 31.6. The van der Waals surface area contributed by atoms with Crippen LogP contribution in [0, 0.1) is 28.1 Å². The van der Waals surface area contributed by atoms with Crippen LogP contribution < -0.4 is 0 Å². The van der Waals surface area contributed by atoms with Crippen molar-refractivity contribution in [1.29, 1.82) is 0 Å². The highest BCUT2D eigenvalue weighted by molar-refractivity contribution is 5.77. The Labute approximate surface area is 386 Å². The monoisotopic (exact) mass is 966 g/mol. The van der Waals surface area contributed by atoms with Crippen molar-refractivity contribution >= 4 is 5.97 Å². The number of carbonyl (C=O) groups excluding carboxylic acids is 1. The number of hydrogen-bond donors (Lipinski definition) is 14. The molecular formula is C44H70O23. The minimum Gasteiger partial charge on any atom is -0.432 e. The van der Waals surface area contributed by atoms with Gasteiger partial charge in [0.05, 0.1) is 37.4 Å². The average molecular weight is 967 g/mol. The van der Waals surface area contributed by atoms with Gasteiger partial charge in [0.1, 0.15) is 97.7 Å². The molecule has 4 aliphatic carbocycles. The highest BCUT2D eigenvalue weighted by Crippen LogP contribution is 2.73. The molecule has 384 valence electrons. The van der Waals surface area contributed by atoms with Gasteiger partial charge >= 0.3 is 5.97 Å². The molecule has 4 saturated heterocycles. The fourth-order valence-electron chi connectivity index (χ4n) is 13.4. The normalized spacial score (nSPS) is 54.5. The van der Waals surface area contributed by atoms with Crippen molar-refractivity contribution in [1.82, 2.24) is 0 Å². The highest BCUT2D eigenvalue weighted by Gasteiger charge is 2.69. The van der Waals surface area contributed by atoms with Gasteiger partial charge in [-0.25, -0.2) is 0 Å².